The lowest BCUT2D eigenvalue weighted by atomic mass is 9.85. The van der Waals surface area contributed by atoms with Crippen molar-refractivity contribution in [2.24, 2.45) is 5.41 Å². The van der Waals surface area contributed by atoms with Crippen LogP contribution in [0.5, 0.6) is 0 Å². The molecular formula is C28H46O3. The molecule has 0 heterocycles. The molecular weight excluding hydrogens is 384 g/mol. The zero-order valence-electron chi connectivity index (χ0n) is 21.1. The SMILES string of the molecule is C=C(CC=C(C)CCC=C(C)C)CCC(C)(C)C=CCCC(C)=CCOC(C)C(=O)O. The topological polar surface area (TPSA) is 46.5 Å². The molecule has 0 amide bonds. The monoisotopic (exact) mass is 430 g/mol. The van der Waals surface area contributed by atoms with E-state index in [-0.39, 0.29) is 5.41 Å². The van der Waals surface area contributed by atoms with Gasteiger partial charge < -0.3 is 9.84 Å². The highest BCUT2D eigenvalue weighted by Gasteiger charge is 2.13. The fourth-order valence-corrected chi connectivity index (χ4v) is 2.91. The molecule has 0 saturated carbocycles. The van der Waals surface area contributed by atoms with E-state index < -0.39 is 12.1 Å². The standard InChI is InChI=1S/C28H46O3/c1-22(2)12-11-14-23(3)15-16-25(5)17-20-28(7,8)19-10-9-13-24(4)18-21-31-26(6)27(29)30/h10,12,15,18-19,26H,5,9,11,13-14,16-17,20-21H2,1-4,6-8H3,(H,29,30). The average Bonchev–Trinajstić information content (AvgIpc) is 2.67. The van der Waals surface area contributed by atoms with Crippen molar-refractivity contribution in [3.05, 3.63) is 59.3 Å². The van der Waals surface area contributed by atoms with E-state index in [1.165, 1.54) is 22.3 Å². The third-order valence-electron chi connectivity index (χ3n) is 5.35. The molecule has 0 rings (SSSR count). The molecule has 0 aliphatic carbocycles. The van der Waals surface area contributed by atoms with E-state index in [1.54, 1.807) is 6.92 Å². The van der Waals surface area contributed by atoms with Crippen LogP contribution >= 0.6 is 0 Å². The smallest absolute Gasteiger partial charge is 0.332 e. The maximum atomic E-state index is 10.7. The Morgan fingerprint density at radius 3 is 2.23 bits per heavy atom. The largest absolute Gasteiger partial charge is 0.479 e. The number of carboxylic acids is 1. The van der Waals surface area contributed by atoms with E-state index in [9.17, 15) is 4.79 Å². The molecule has 1 unspecified atom stereocenters. The minimum atomic E-state index is -0.926. The van der Waals surface area contributed by atoms with Gasteiger partial charge in [0.05, 0.1) is 6.61 Å². The average molecular weight is 431 g/mol. The van der Waals surface area contributed by atoms with Crippen LogP contribution in [0.25, 0.3) is 0 Å². The Morgan fingerprint density at radius 1 is 1.00 bits per heavy atom. The van der Waals surface area contributed by atoms with Gasteiger partial charge in [0, 0.05) is 0 Å². The molecule has 0 saturated heterocycles. The minimum Gasteiger partial charge on any atom is -0.479 e. The maximum Gasteiger partial charge on any atom is 0.332 e. The van der Waals surface area contributed by atoms with E-state index in [0.717, 1.165) is 44.9 Å². The molecule has 1 atom stereocenters. The minimum absolute atomic E-state index is 0.156. The fourth-order valence-electron chi connectivity index (χ4n) is 2.91. The van der Waals surface area contributed by atoms with Crippen LogP contribution in [-0.2, 0) is 9.53 Å². The number of ether oxygens (including phenoxy) is 1. The normalized spacial score (nSPS) is 14.0. The summed E-state index contributed by atoms with van der Waals surface area (Å²) in [4.78, 5) is 10.7. The fraction of sp³-hybridized carbons (Fsp3) is 0.607. The highest BCUT2D eigenvalue weighted by Crippen LogP contribution is 2.27. The lowest BCUT2D eigenvalue weighted by Gasteiger charge is -2.20. The van der Waals surface area contributed by atoms with Crippen molar-refractivity contribution in [1.82, 2.24) is 0 Å². The third kappa shape index (κ3) is 17.5. The summed E-state index contributed by atoms with van der Waals surface area (Å²) in [5.41, 5.74) is 5.52. The second-order valence-electron chi connectivity index (χ2n) is 9.62. The molecule has 0 bridgehead atoms. The van der Waals surface area contributed by atoms with Crippen LogP contribution in [0.3, 0.4) is 0 Å². The quantitative estimate of drug-likeness (QED) is 0.251. The van der Waals surface area contributed by atoms with Gasteiger partial charge in [-0.15, -0.1) is 0 Å². The molecule has 0 radical (unpaired) electrons. The summed E-state index contributed by atoms with van der Waals surface area (Å²) in [6.45, 7) is 19.3. The Morgan fingerprint density at radius 2 is 1.61 bits per heavy atom. The van der Waals surface area contributed by atoms with Gasteiger partial charge in [0.25, 0.3) is 0 Å². The first-order chi connectivity index (χ1) is 14.4. The number of rotatable bonds is 16. The zero-order chi connectivity index (χ0) is 23.9. The lowest BCUT2D eigenvalue weighted by molar-refractivity contribution is -0.148. The molecule has 0 aromatic carbocycles. The molecule has 0 aromatic heterocycles. The first-order valence-electron chi connectivity index (χ1n) is 11.6. The lowest BCUT2D eigenvalue weighted by Crippen LogP contribution is -2.19. The van der Waals surface area contributed by atoms with Gasteiger partial charge in [-0.2, -0.15) is 0 Å². The van der Waals surface area contributed by atoms with Crippen LogP contribution in [-0.4, -0.2) is 23.8 Å². The van der Waals surface area contributed by atoms with Gasteiger partial charge in [-0.1, -0.05) is 73.1 Å². The van der Waals surface area contributed by atoms with Crippen LogP contribution in [0, 0.1) is 5.41 Å². The second kappa shape index (κ2) is 15.9. The summed E-state index contributed by atoms with van der Waals surface area (Å²) >= 11 is 0. The van der Waals surface area contributed by atoms with Crippen LogP contribution in [0.2, 0.25) is 0 Å². The van der Waals surface area contributed by atoms with Crippen molar-refractivity contribution in [3.8, 4) is 0 Å². The van der Waals surface area contributed by atoms with Crippen molar-refractivity contribution in [2.45, 2.75) is 99.5 Å². The van der Waals surface area contributed by atoms with E-state index in [0.29, 0.717) is 6.61 Å². The number of carbonyl (C=O) groups is 1. The van der Waals surface area contributed by atoms with Crippen molar-refractivity contribution >= 4 is 5.97 Å². The predicted octanol–water partition coefficient (Wildman–Crippen LogP) is 8.20. The summed E-state index contributed by atoms with van der Waals surface area (Å²) in [5, 5.41) is 8.81. The van der Waals surface area contributed by atoms with Gasteiger partial charge >= 0.3 is 5.97 Å². The molecule has 3 heteroatoms. The highest BCUT2D eigenvalue weighted by molar-refractivity contribution is 5.71. The van der Waals surface area contributed by atoms with Crippen LogP contribution in [0.4, 0.5) is 0 Å². The molecule has 0 fully saturated rings. The summed E-state index contributed by atoms with van der Waals surface area (Å²) in [6, 6.07) is 0. The second-order valence-corrected chi connectivity index (χ2v) is 9.62. The van der Waals surface area contributed by atoms with Gasteiger partial charge in [0.1, 0.15) is 0 Å². The van der Waals surface area contributed by atoms with E-state index in [4.69, 9.17) is 9.84 Å². The molecule has 0 aliphatic rings. The number of hydrogen-bond acceptors (Lipinski definition) is 2. The molecule has 176 valence electrons. The van der Waals surface area contributed by atoms with Crippen molar-refractivity contribution in [3.63, 3.8) is 0 Å². The van der Waals surface area contributed by atoms with Gasteiger partial charge in [0.2, 0.25) is 0 Å². The Balaban J connectivity index is 4.22. The maximum absolute atomic E-state index is 10.7. The van der Waals surface area contributed by atoms with Crippen molar-refractivity contribution in [1.29, 1.82) is 0 Å². The van der Waals surface area contributed by atoms with Crippen molar-refractivity contribution < 1.29 is 14.6 Å². The Bertz CT molecular complexity index is 670. The van der Waals surface area contributed by atoms with Gasteiger partial charge in [-0.25, -0.2) is 4.79 Å². The summed E-state index contributed by atoms with van der Waals surface area (Å²) in [5.74, 6) is -0.926. The Kier molecular flexibility index (Phi) is 14.9. The zero-order valence-corrected chi connectivity index (χ0v) is 21.1. The van der Waals surface area contributed by atoms with Crippen LogP contribution < -0.4 is 0 Å². The predicted molar refractivity (Wildman–Crippen MR) is 134 cm³/mol. The van der Waals surface area contributed by atoms with Gasteiger partial charge in [0.15, 0.2) is 6.10 Å². The van der Waals surface area contributed by atoms with Crippen LogP contribution in [0.1, 0.15) is 93.4 Å². The van der Waals surface area contributed by atoms with Gasteiger partial charge in [-0.05, 0) is 85.0 Å². The first kappa shape index (κ1) is 29.1. The molecule has 31 heavy (non-hydrogen) atoms. The third-order valence-corrected chi connectivity index (χ3v) is 5.35. The van der Waals surface area contributed by atoms with Crippen molar-refractivity contribution in [2.75, 3.05) is 6.61 Å². The van der Waals surface area contributed by atoms with E-state index in [2.05, 4.69) is 72.4 Å². The Hall–Kier alpha value is -1.87. The van der Waals surface area contributed by atoms with Crippen LogP contribution in [0.15, 0.2) is 59.3 Å². The molecule has 1 N–H and O–H groups in total. The Labute approximate surface area is 191 Å². The summed E-state index contributed by atoms with van der Waals surface area (Å²) in [6.07, 6.45) is 17.7. The summed E-state index contributed by atoms with van der Waals surface area (Å²) < 4.78 is 5.24. The molecule has 0 spiro atoms. The molecule has 0 aromatic rings. The number of aliphatic carboxylic acids is 1. The number of allylic oxidation sites excluding steroid dienone is 8. The number of hydrogen-bond donors (Lipinski definition) is 1. The van der Waals surface area contributed by atoms with Gasteiger partial charge in [-0.3, -0.25) is 0 Å². The van der Waals surface area contributed by atoms with E-state index >= 15 is 0 Å². The first-order valence-corrected chi connectivity index (χ1v) is 11.6. The van der Waals surface area contributed by atoms with E-state index in [1.807, 2.05) is 6.08 Å². The molecule has 0 aliphatic heterocycles. The number of carboxylic acid groups (broad SMARTS) is 1. The molecule has 3 nitrogen and oxygen atoms in total. The summed E-state index contributed by atoms with van der Waals surface area (Å²) in [7, 11) is 0. The highest BCUT2D eigenvalue weighted by atomic mass is 16.5.